The number of ether oxygens (including phenoxy) is 3. The monoisotopic (exact) mass is 297 g/mol. The summed E-state index contributed by atoms with van der Waals surface area (Å²) in [7, 11) is 4.68. The highest BCUT2D eigenvalue weighted by Crippen LogP contribution is 2.45. The maximum atomic E-state index is 6.21. The zero-order valence-electron chi connectivity index (χ0n) is 11.6. The number of nitrogens with zero attached hydrogens (tertiary/aromatic N) is 2. The molecule has 0 aliphatic carbocycles. The first-order valence-electron chi connectivity index (χ1n) is 6.03. The molecule has 2 rings (SSSR count). The number of benzene rings is 1. The van der Waals surface area contributed by atoms with E-state index in [4.69, 9.17) is 25.8 Å². The van der Waals surface area contributed by atoms with Crippen LogP contribution in [0.4, 0.5) is 0 Å². The first kappa shape index (κ1) is 14.5. The maximum Gasteiger partial charge on any atom is 0.205 e. The summed E-state index contributed by atoms with van der Waals surface area (Å²) in [4.78, 5) is 0. The number of methoxy groups -OCH3 is 3. The second-order valence-corrected chi connectivity index (χ2v) is 4.49. The van der Waals surface area contributed by atoms with E-state index in [1.807, 2.05) is 6.07 Å². The summed E-state index contributed by atoms with van der Waals surface area (Å²) in [6, 6.07) is 1.82. The van der Waals surface area contributed by atoms with Gasteiger partial charge in [-0.1, -0.05) is 11.6 Å². The molecular weight excluding hydrogens is 282 g/mol. The molecule has 0 amide bonds. The lowest BCUT2D eigenvalue weighted by Crippen LogP contribution is -2.01. The second-order valence-electron chi connectivity index (χ2n) is 4.08. The number of aryl methyl sites for hydroxylation is 2. The van der Waals surface area contributed by atoms with Crippen LogP contribution >= 0.6 is 11.6 Å². The van der Waals surface area contributed by atoms with Crippen LogP contribution in [0, 0.1) is 0 Å². The van der Waals surface area contributed by atoms with E-state index < -0.39 is 0 Å². The van der Waals surface area contributed by atoms with Gasteiger partial charge < -0.3 is 14.2 Å². The fraction of sp³-hybridized carbons (Fsp3) is 0.385. The van der Waals surface area contributed by atoms with Crippen LogP contribution in [0.3, 0.4) is 0 Å². The van der Waals surface area contributed by atoms with Gasteiger partial charge in [0.05, 0.1) is 38.2 Å². The van der Waals surface area contributed by atoms with Crippen LogP contribution in [0.2, 0.25) is 5.02 Å². The van der Waals surface area contributed by atoms with Crippen LogP contribution in [-0.2, 0) is 12.8 Å². The Kier molecular flexibility index (Phi) is 4.68. The number of hydrogen-bond acceptors (Lipinski definition) is 5. The summed E-state index contributed by atoms with van der Waals surface area (Å²) in [5, 5.41) is 10.9. The summed E-state index contributed by atoms with van der Waals surface area (Å²) in [5.41, 5.74) is 1.80. The molecule has 0 unspecified atom stereocenters. The molecule has 1 aromatic carbocycles. The Bertz CT molecular complexity index is 573. The minimum Gasteiger partial charge on any atom is -0.492 e. The first-order chi connectivity index (χ1) is 9.71. The lowest BCUT2D eigenvalue weighted by atomic mass is 10.1. The van der Waals surface area contributed by atoms with Gasteiger partial charge in [-0.3, -0.25) is 0 Å². The van der Waals surface area contributed by atoms with Gasteiger partial charge in [0.1, 0.15) is 0 Å². The molecule has 0 saturated heterocycles. The molecule has 0 spiro atoms. The number of aromatic amines is 1. The number of nitrogens with one attached hydrogen (secondary N) is 1. The minimum absolute atomic E-state index is 0.469. The maximum absolute atomic E-state index is 6.21. The number of halogens is 1. The summed E-state index contributed by atoms with van der Waals surface area (Å²) in [6.07, 6.45) is 3.11. The Morgan fingerprint density at radius 2 is 1.75 bits per heavy atom. The third-order valence-electron chi connectivity index (χ3n) is 2.95. The highest BCUT2D eigenvalue weighted by atomic mass is 35.5. The Hall–Kier alpha value is -1.95. The van der Waals surface area contributed by atoms with Gasteiger partial charge in [-0.15, -0.1) is 0 Å². The predicted molar refractivity (Wildman–Crippen MR) is 74.9 cm³/mol. The molecule has 2 aromatic rings. The lowest BCUT2D eigenvalue weighted by Gasteiger charge is -2.17. The van der Waals surface area contributed by atoms with Crippen molar-refractivity contribution in [3.63, 3.8) is 0 Å². The molecule has 0 aliphatic rings. The van der Waals surface area contributed by atoms with Crippen molar-refractivity contribution in [2.24, 2.45) is 0 Å². The van der Waals surface area contributed by atoms with Gasteiger partial charge in [-0.2, -0.15) is 15.4 Å². The van der Waals surface area contributed by atoms with Gasteiger partial charge in [0, 0.05) is 5.56 Å². The SMILES string of the molecule is COc1c(Cl)cc(CCc2cn[nH]n2)c(OC)c1OC. The summed E-state index contributed by atoms with van der Waals surface area (Å²) in [6.45, 7) is 0. The molecular formula is C13H16ClN3O3. The molecule has 0 fully saturated rings. The number of rotatable bonds is 6. The molecule has 1 heterocycles. The molecule has 0 radical (unpaired) electrons. The van der Waals surface area contributed by atoms with Gasteiger partial charge >= 0.3 is 0 Å². The van der Waals surface area contributed by atoms with Gasteiger partial charge in [-0.25, -0.2) is 0 Å². The van der Waals surface area contributed by atoms with E-state index in [0.29, 0.717) is 28.7 Å². The van der Waals surface area contributed by atoms with E-state index in [1.54, 1.807) is 20.4 Å². The zero-order chi connectivity index (χ0) is 14.5. The van der Waals surface area contributed by atoms with E-state index in [0.717, 1.165) is 17.7 Å². The third-order valence-corrected chi connectivity index (χ3v) is 3.23. The van der Waals surface area contributed by atoms with Crippen LogP contribution in [0.5, 0.6) is 17.2 Å². The molecule has 0 atom stereocenters. The van der Waals surface area contributed by atoms with Crippen molar-refractivity contribution >= 4 is 11.6 Å². The average molecular weight is 298 g/mol. The standard InChI is InChI=1S/C13H16ClN3O3/c1-18-11-8(4-5-9-7-15-17-16-9)6-10(14)12(19-2)13(11)20-3/h6-7H,4-5H2,1-3H3,(H,15,16,17). The molecule has 6 nitrogen and oxygen atoms in total. The van der Waals surface area contributed by atoms with Crippen LogP contribution in [0.15, 0.2) is 12.3 Å². The topological polar surface area (TPSA) is 69.3 Å². The van der Waals surface area contributed by atoms with Crippen LogP contribution in [0.25, 0.3) is 0 Å². The van der Waals surface area contributed by atoms with Gasteiger partial charge in [0.25, 0.3) is 0 Å². The zero-order valence-corrected chi connectivity index (χ0v) is 12.3. The number of aromatic nitrogens is 3. The highest BCUT2D eigenvalue weighted by molar-refractivity contribution is 6.32. The summed E-state index contributed by atoms with van der Waals surface area (Å²) >= 11 is 6.21. The number of hydrogen-bond donors (Lipinski definition) is 1. The lowest BCUT2D eigenvalue weighted by molar-refractivity contribution is 0.322. The highest BCUT2D eigenvalue weighted by Gasteiger charge is 2.19. The van der Waals surface area contributed by atoms with Crippen LogP contribution < -0.4 is 14.2 Å². The van der Waals surface area contributed by atoms with E-state index in [2.05, 4.69) is 15.4 Å². The molecule has 108 valence electrons. The smallest absolute Gasteiger partial charge is 0.205 e. The quantitative estimate of drug-likeness (QED) is 0.886. The van der Waals surface area contributed by atoms with Crippen LogP contribution in [0.1, 0.15) is 11.3 Å². The second kappa shape index (κ2) is 6.47. The number of H-pyrrole nitrogens is 1. The Morgan fingerprint density at radius 3 is 2.30 bits per heavy atom. The van der Waals surface area contributed by atoms with E-state index in [1.165, 1.54) is 7.11 Å². The van der Waals surface area contributed by atoms with Gasteiger partial charge in [0.15, 0.2) is 11.5 Å². The van der Waals surface area contributed by atoms with Crippen molar-refractivity contribution in [2.45, 2.75) is 12.8 Å². The normalized spacial score (nSPS) is 10.4. The van der Waals surface area contributed by atoms with Crippen molar-refractivity contribution in [1.29, 1.82) is 0 Å². The molecule has 0 saturated carbocycles. The Morgan fingerprint density at radius 1 is 1.05 bits per heavy atom. The minimum atomic E-state index is 0.469. The molecule has 1 aromatic heterocycles. The van der Waals surface area contributed by atoms with Crippen molar-refractivity contribution < 1.29 is 14.2 Å². The summed E-state index contributed by atoms with van der Waals surface area (Å²) in [5.74, 6) is 1.59. The van der Waals surface area contributed by atoms with E-state index in [9.17, 15) is 0 Å². The van der Waals surface area contributed by atoms with E-state index >= 15 is 0 Å². The van der Waals surface area contributed by atoms with Crippen molar-refractivity contribution in [2.75, 3.05) is 21.3 Å². The average Bonchev–Trinajstić information content (AvgIpc) is 2.97. The molecule has 20 heavy (non-hydrogen) atoms. The molecule has 7 heteroatoms. The third kappa shape index (κ3) is 2.80. The van der Waals surface area contributed by atoms with Gasteiger partial charge in [0.2, 0.25) is 5.75 Å². The summed E-state index contributed by atoms with van der Waals surface area (Å²) < 4.78 is 16.0. The molecule has 0 aliphatic heterocycles. The molecule has 1 N–H and O–H groups in total. The van der Waals surface area contributed by atoms with Gasteiger partial charge in [-0.05, 0) is 18.9 Å². The first-order valence-corrected chi connectivity index (χ1v) is 6.41. The van der Waals surface area contributed by atoms with E-state index in [-0.39, 0.29) is 0 Å². The predicted octanol–water partition coefficient (Wildman–Crippen LogP) is 2.27. The fourth-order valence-electron chi connectivity index (χ4n) is 2.04. The van der Waals surface area contributed by atoms with Crippen molar-refractivity contribution in [1.82, 2.24) is 15.4 Å². The van der Waals surface area contributed by atoms with Crippen molar-refractivity contribution in [3.8, 4) is 17.2 Å². The molecule has 0 bridgehead atoms. The van der Waals surface area contributed by atoms with Crippen LogP contribution in [-0.4, -0.2) is 36.7 Å². The Balaban J connectivity index is 2.34. The largest absolute Gasteiger partial charge is 0.492 e. The fourth-order valence-corrected chi connectivity index (χ4v) is 2.33. The van der Waals surface area contributed by atoms with Crippen molar-refractivity contribution in [3.05, 3.63) is 28.5 Å². The Labute approximate surface area is 122 Å².